The number of hydrogen-bond donors (Lipinski definition) is 2. The minimum atomic E-state index is -2.12. The highest BCUT2D eigenvalue weighted by Gasteiger charge is 2.29. The molecular weight excluding hydrogens is 300 g/mol. The van der Waals surface area contributed by atoms with Crippen LogP contribution in [-0.4, -0.2) is 21.8 Å². The third-order valence-corrected chi connectivity index (χ3v) is 4.61. The smallest absolute Gasteiger partial charge is 0.223 e. The quantitative estimate of drug-likeness (QED) is 0.203. The Balaban J connectivity index is 3.32. The second-order valence-corrected chi connectivity index (χ2v) is 6.93. The summed E-state index contributed by atoms with van der Waals surface area (Å²) in [6.45, 7) is 3.86. The third kappa shape index (κ3) is 13.7. The van der Waals surface area contributed by atoms with E-state index in [0.29, 0.717) is 0 Å². The monoisotopic (exact) mass is 340 g/mol. The molecule has 0 bridgehead atoms. The molecule has 0 unspecified atom stereocenters. The van der Waals surface area contributed by atoms with Gasteiger partial charge in [0, 0.05) is 12.8 Å². The van der Waals surface area contributed by atoms with Crippen molar-refractivity contribution in [3.8, 4) is 0 Å². The van der Waals surface area contributed by atoms with Crippen molar-refractivity contribution in [2.75, 3.05) is 0 Å². The maximum absolute atomic E-state index is 11.5. The second-order valence-electron chi connectivity index (χ2n) is 6.93. The fourth-order valence-electron chi connectivity index (χ4n) is 2.75. The summed E-state index contributed by atoms with van der Waals surface area (Å²) in [6, 6.07) is 0. The first-order valence-electron chi connectivity index (χ1n) is 10.2. The minimum absolute atomic E-state index is 0.0600. The Morgan fingerprint density at radius 2 is 1.21 bits per heavy atom. The number of ketones is 1. The van der Waals surface area contributed by atoms with E-state index >= 15 is 0 Å². The van der Waals surface area contributed by atoms with Gasteiger partial charge in [0.25, 0.3) is 0 Å². The molecule has 24 heavy (non-hydrogen) atoms. The van der Waals surface area contributed by atoms with Crippen molar-refractivity contribution in [2.24, 2.45) is 0 Å². The molecule has 0 amide bonds. The molecule has 0 radical (unpaired) electrons. The van der Waals surface area contributed by atoms with E-state index in [2.05, 4.69) is 19.1 Å². The first-order chi connectivity index (χ1) is 11.5. The summed E-state index contributed by atoms with van der Waals surface area (Å²) in [5.74, 6) is -2.57. The van der Waals surface area contributed by atoms with E-state index < -0.39 is 11.6 Å². The molecule has 3 nitrogen and oxygen atoms in total. The Morgan fingerprint density at radius 1 is 0.750 bits per heavy atom. The van der Waals surface area contributed by atoms with Crippen LogP contribution in [-0.2, 0) is 4.79 Å². The summed E-state index contributed by atoms with van der Waals surface area (Å²) in [5.41, 5.74) is 0. The van der Waals surface area contributed by atoms with Crippen LogP contribution in [0.1, 0.15) is 110 Å². The summed E-state index contributed by atoms with van der Waals surface area (Å²) in [4.78, 5) is 11.5. The van der Waals surface area contributed by atoms with Gasteiger partial charge in [-0.1, -0.05) is 77.4 Å². The van der Waals surface area contributed by atoms with Crippen molar-refractivity contribution in [3.05, 3.63) is 12.2 Å². The van der Waals surface area contributed by atoms with Crippen LogP contribution in [0.3, 0.4) is 0 Å². The Hall–Kier alpha value is -0.670. The molecule has 3 heteroatoms. The largest absolute Gasteiger partial charge is 0.360 e. The lowest BCUT2D eigenvalue weighted by Gasteiger charge is -2.17. The average molecular weight is 341 g/mol. The Kier molecular flexibility index (Phi) is 15.4. The van der Waals surface area contributed by atoms with Gasteiger partial charge in [0.1, 0.15) is 0 Å². The first kappa shape index (κ1) is 23.3. The predicted molar refractivity (Wildman–Crippen MR) is 102 cm³/mol. The summed E-state index contributed by atoms with van der Waals surface area (Å²) < 4.78 is 0. The summed E-state index contributed by atoms with van der Waals surface area (Å²) in [5, 5.41) is 18.8. The Bertz CT molecular complexity index is 321. The first-order valence-corrected chi connectivity index (χ1v) is 10.2. The average Bonchev–Trinajstić information content (AvgIpc) is 2.58. The van der Waals surface area contributed by atoms with E-state index in [1.165, 1.54) is 57.8 Å². The molecule has 142 valence electrons. The maximum Gasteiger partial charge on any atom is 0.223 e. The zero-order valence-electron chi connectivity index (χ0n) is 16.1. The number of carbonyl (C=O) groups excluding carboxylic acids is 1. The van der Waals surface area contributed by atoms with E-state index in [9.17, 15) is 15.0 Å². The lowest BCUT2D eigenvalue weighted by Crippen LogP contribution is -2.37. The maximum atomic E-state index is 11.5. The summed E-state index contributed by atoms with van der Waals surface area (Å²) in [7, 11) is 0. The van der Waals surface area contributed by atoms with Gasteiger partial charge in [-0.15, -0.1) is 0 Å². The molecule has 0 fully saturated rings. The molecular formula is C21H40O3. The standard InChI is InChI=1S/C21H40O3/c1-3-5-6-7-8-9-10-11-12-13-14-15-16-17-18-19-20(22)21(23,24)4-2/h14-15,23-24H,3-13,16-19H2,1-2H3/b15-14-. The molecule has 0 heterocycles. The van der Waals surface area contributed by atoms with E-state index in [4.69, 9.17) is 0 Å². The molecule has 0 saturated heterocycles. The van der Waals surface area contributed by atoms with Gasteiger partial charge in [-0.25, -0.2) is 0 Å². The summed E-state index contributed by atoms with van der Waals surface area (Å²) >= 11 is 0. The molecule has 0 aromatic rings. The van der Waals surface area contributed by atoms with E-state index in [1.54, 1.807) is 6.92 Å². The highest BCUT2D eigenvalue weighted by atomic mass is 16.5. The van der Waals surface area contributed by atoms with Crippen LogP contribution in [0.2, 0.25) is 0 Å². The van der Waals surface area contributed by atoms with Gasteiger partial charge in [0.2, 0.25) is 5.79 Å². The van der Waals surface area contributed by atoms with Crippen molar-refractivity contribution in [3.63, 3.8) is 0 Å². The van der Waals surface area contributed by atoms with Crippen molar-refractivity contribution < 1.29 is 15.0 Å². The van der Waals surface area contributed by atoms with E-state index in [-0.39, 0.29) is 12.8 Å². The molecule has 0 aromatic carbocycles. The fraction of sp³-hybridized carbons (Fsp3) is 0.857. The number of aliphatic hydroxyl groups is 2. The molecule has 0 rings (SSSR count). The van der Waals surface area contributed by atoms with Crippen molar-refractivity contribution in [1.82, 2.24) is 0 Å². The normalized spacial score (nSPS) is 12.2. The number of rotatable bonds is 17. The molecule has 2 N–H and O–H groups in total. The van der Waals surface area contributed by atoms with E-state index in [0.717, 1.165) is 25.7 Å². The molecule has 0 spiro atoms. The number of carbonyl (C=O) groups is 1. The molecule has 0 aliphatic rings. The van der Waals surface area contributed by atoms with E-state index in [1.807, 2.05) is 0 Å². The SMILES string of the molecule is CCCCCCCCCCC/C=C\CCCCC(=O)C(O)(O)CC. The molecule has 0 saturated carbocycles. The van der Waals surface area contributed by atoms with Crippen LogP contribution in [0, 0.1) is 0 Å². The van der Waals surface area contributed by atoms with Gasteiger partial charge in [-0.2, -0.15) is 0 Å². The van der Waals surface area contributed by atoms with Gasteiger partial charge < -0.3 is 10.2 Å². The fourth-order valence-corrected chi connectivity index (χ4v) is 2.75. The zero-order chi connectivity index (χ0) is 18.1. The van der Waals surface area contributed by atoms with Crippen LogP contribution in [0.25, 0.3) is 0 Å². The molecule has 0 aliphatic carbocycles. The van der Waals surface area contributed by atoms with Crippen molar-refractivity contribution >= 4 is 5.78 Å². The van der Waals surface area contributed by atoms with Gasteiger partial charge in [-0.3, -0.25) is 4.79 Å². The van der Waals surface area contributed by atoms with Crippen LogP contribution < -0.4 is 0 Å². The van der Waals surface area contributed by atoms with Crippen LogP contribution in [0.4, 0.5) is 0 Å². The molecule has 0 aromatic heterocycles. The number of Topliss-reactive ketones (excluding diaryl/α,β-unsaturated/α-hetero) is 1. The Morgan fingerprint density at radius 3 is 1.71 bits per heavy atom. The number of unbranched alkanes of at least 4 members (excludes halogenated alkanes) is 11. The topological polar surface area (TPSA) is 57.5 Å². The highest BCUT2D eigenvalue weighted by Crippen LogP contribution is 2.13. The van der Waals surface area contributed by atoms with Crippen LogP contribution in [0.15, 0.2) is 12.2 Å². The summed E-state index contributed by atoms with van der Waals surface area (Å²) in [6.07, 6.45) is 20.8. The van der Waals surface area contributed by atoms with Crippen LogP contribution in [0.5, 0.6) is 0 Å². The minimum Gasteiger partial charge on any atom is -0.360 e. The van der Waals surface area contributed by atoms with Gasteiger partial charge in [0.05, 0.1) is 0 Å². The number of allylic oxidation sites excluding steroid dienone is 2. The highest BCUT2D eigenvalue weighted by molar-refractivity contribution is 5.85. The van der Waals surface area contributed by atoms with Gasteiger partial charge >= 0.3 is 0 Å². The molecule has 0 aliphatic heterocycles. The lowest BCUT2D eigenvalue weighted by atomic mass is 10.0. The van der Waals surface area contributed by atoms with Gasteiger partial charge in [0.15, 0.2) is 5.78 Å². The zero-order valence-corrected chi connectivity index (χ0v) is 16.1. The molecule has 0 atom stereocenters. The van der Waals surface area contributed by atoms with Crippen molar-refractivity contribution in [2.45, 2.75) is 116 Å². The van der Waals surface area contributed by atoms with Gasteiger partial charge in [-0.05, 0) is 32.1 Å². The second kappa shape index (κ2) is 15.8. The third-order valence-electron chi connectivity index (χ3n) is 4.61. The lowest BCUT2D eigenvalue weighted by molar-refractivity contribution is -0.183. The Labute approximate surface area is 149 Å². The predicted octanol–water partition coefficient (Wildman–Crippen LogP) is 5.68. The van der Waals surface area contributed by atoms with Crippen LogP contribution >= 0.6 is 0 Å². The number of hydrogen-bond acceptors (Lipinski definition) is 3. The van der Waals surface area contributed by atoms with Crippen molar-refractivity contribution in [1.29, 1.82) is 0 Å².